The lowest BCUT2D eigenvalue weighted by Crippen LogP contribution is -2.10. The van der Waals surface area contributed by atoms with Gasteiger partial charge in [0, 0.05) is 29.2 Å². The van der Waals surface area contributed by atoms with Gasteiger partial charge in [0.15, 0.2) is 0 Å². The van der Waals surface area contributed by atoms with Crippen LogP contribution in [0.4, 0.5) is 0 Å². The summed E-state index contributed by atoms with van der Waals surface area (Å²) >= 11 is 0. The molecule has 0 unspecified atom stereocenters. The van der Waals surface area contributed by atoms with E-state index in [-0.39, 0.29) is 11.4 Å². The number of nitrogens with zero attached hydrogens (tertiary/aromatic N) is 1. The Kier molecular flexibility index (Phi) is 5.69. The van der Waals surface area contributed by atoms with Gasteiger partial charge < -0.3 is 20.1 Å². The summed E-state index contributed by atoms with van der Waals surface area (Å²) in [5.41, 5.74) is 11.4. The van der Waals surface area contributed by atoms with Crippen molar-refractivity contribution < 1.29 is 14.6 Å². The van der Waals surface area contributed by atoms with Crippen LogP contribution in [0.5, 0.6) is 5.75 Å². The predicted molar refractivity (Wildman–Crippen MR) is 127 cm³/mol. The minimum absolute atomic E-state index is 0.0544. The Hall–Kier alpha value is -4.06. The highest BCUT2D eigenvalue weighted by molar-refractivity contribution is 5.99. The van der Waals surface area contributed by atoms with Gasteiger partial charge in [0.05, 0.1) is 12.7 Å². The van der Waals surface area contributed by atoms with Crippen LogP contribution < -0.4 is 10.5 Å². The van der Waals surface area contributed by atoms with Crippen molar-refractivity contribution in [3.05, 3.63) is 89.1 Å². The van der Waals surface area contributed by atoms with Crippen LogP contribution >= 0.6 is 0 Å². The summed E-state index contributed by atoms with van der Waals surface area (Å²) in [6.45, 7) is 2.90. The zero-order valence-corrected chi connectivity index (χ0v) is 18.1. The number of fused-ring (bicyclic) bond motifs is 1. The van der Waals surface area contributed by atoms with Crippen molar-refractivity contribution >= 4 is 22.7 Å². The molecule has 4 rings (SSSR count). The van der Waals surface area contributed by atoms with E-state index < -0.39 is 5.97 Å². The molecule has 4 aromatic rings. The fourth-order valence-corrected chi connectivity index (χ4v) is 4.09. The summed E-state index contributed by atoms with van der Waals surface area (Å²) in [6.07, 6.45) is 2.84. The van der Waals surface area contributed by atoms with Crippen LogP contribution in [0, 0.1) is 5.41 Å². The lowest BCUT2D eigenvalue weighted by atomic mass is 9.95. The highest BCUT2D eigenvalue weighted by atomic mass is 16.5. The maximum Gasteiger partial charge on any atom is 0.336 e. The monoisotopic (exact) mass is 427 g/mol. The van der Waals surface area contributed by atoms with Gasteiger partial charge in [-0.3, -0.25) is 5.41 Å². The number of carboxylic acid groups (broad SMARTS) is 1. The topological polar surface area (TPSA) is 101 Å². The van der Waals surface area contributed by atoms with E-state index in [1.807, 2.05) is 42.5 Å². The van der Waals surface area contributed by atoms with Gasteiger partial charge in [-0.1, -0.05) is 36.4 Å². The van der Waals surface area contributed by atoms with Crippen molar-refractivity contribution in [3.8, 4) is 16.9 Å². The molecule has 6 heteroatoms. The number of hydrogen-bond acceptors (Lipinski definition) is 3. The second-order valence-electron chi connectivity index (χ2n) is 7.68. The predicted octanol–water partition coefficient (Wildman–Crippen LogP) is 4.91. The number of carboxylic acids is 1. The molecule has 0 fully saturated rings. The lowest BCUT2D eigenvalue weighted by Gasteiger charge is -2.10. The third kappa shape index (κ3) is 3.95. The first-order valence-electron chi connectivity index (χ1n) is 10.4. The number of aryl methyl sites for hydroxylation is 1. The summed E-state index contributed by atoms with van der Waals surface area (Å²) < 4.78 is 7.35. The highest BCUT2D eigenvalue weighted by Crippen LogP contribution is 2.30. The molecule has 6 nitrogen and oxygen atoms in total. The molecule has 4 N–H and O–H groups in total. The first-order chi connectivity index (χ1) is 15.4. The number of methoxy groups -OCH3 is 1. The zero-order chi connectivity index (χ0) is 22.8. The Morgan fingerprint density at radius 2 is 1.94 bits per heavy atom. The third-order valence-electron chi connectivity index (χ3n) is 5.71. The fraction of sp³-hybridized carbons (Fsp3) is 0.154. The van der Waals surface area contributed by atoms with Crippen LogP contribution in [-0.4, -0.2) is 28.6 Å². The number of ether oxygens (including phenoxy) is 1. The van der Waals surface area contributed by atoms with E-state index in [1.165, 1.54) is 12.7 Å². The molecule has 0 radical (unpaired) electrons. The van der Waals surface area contributed by atoms with Crippen molar-refractivity contribution in [3.63, 3.8) is 0 Å². The van der Waals surface area contributed by atoms with Gasteiger partial charge in [0.1, 0.15) is 11.6 Å². The fourth-order valence-electron chi connectivity index (χ4n) is 4.09. The molecule has 0 atom stereocenters. The summed E-state index contributed by atoms with van der Waals surface area (Å²) in [6, 6.07) is 18.9. The standard InChI is InChI=1S/C26H25N3O3/c1-3-29-15-19(22-9-7-18(25(27)28)13-24(22)29)12-16-5-4-6-17(11-16)21-10-8-20(32-2)14-23(21)26(30)31/h4-11,13-15H,3,12H2,1-2H3,(H3,27,28)(H,30,31). The lowest BCUT2D eigenvalue weighted by molar-refractivity contribution is 0.0697. The molecular formula is C26H25N3O3. The third-order valence-corrected chi connectivity index (χ3v) is 5.71. The van der Waals surface area contributed by atoms with E-state index in [2.05, 4.69) is 17.7 Å². The molecule has 1 heterocycles. The SMILES string of the molecule is CCn1cc(Cc2cccc(-c3ccc(OC)cc3C(=O)O)c2)c2ccc(C(=N)N)cc21. The maximum absolute atomic E-state index is 11.8. The Balaban J connectivity index is 1.74. The van der Waals surface area contributed by atoms with Crippen LogP contribution in [0.1, 0.15) is 34.0 Å². The molecular weight excluding hydrogens is 402 g/mol. The van der Waals surface area contributed by atoms with Crippen molar-refractivity contribution in [2.45, 2.75) is 19.9 Å². The second kappa shape index (κ2) is 8.59. The van der Waals surface area contributed by atoms with E-state index in [9.17, 15) is 9.90 Å². The summed E-state index contributed by atoms with van der Waals surface area (Å²) in [7, 11) is 1.52. The number of nitrogens with two attached hydrogens (primary N) is 1. The van der Waals surface area contributed by atoms with Crippen LogP contribution in [0.3, 0.4) is 0 Å². The Labute approximate surface area is 186 Å². The minimum Gasteiger partial charge on any atom is -0.497 e. The van der Waals surface area contributed by atoms with Gasteiger partial charge in [-0.25, -0.2) is 4.79 Å². The largest absolute Gasteiger partial charge is 0.497 e. The average molecular weight is 428 g/mol. The molecule has 0 saturated carbocycles. The van der Waals surface area contributed by atoms with Crippen molar-refractivity contribution in [1.29, 1.82) is 5.41 Å². The van der Waals surface area contributed by atoms with Crippen molar-refractivity contribution in [2.75, 3.05) is 7.11 Å². The van der Waals surface area contributed by atoms with E-state index in [4.69, 9.17) is 15.9 Å². The highest BCUT2D eigenvalue weighted by Gasteiger charge is 2.15. The summed E-state index contributed by atoms with van der Waals surface area (Å²) in [5.74, 6) is -0.421. The molecule has 0 aliphatic rings. The first kappa shape index (κ1) is 21.2. The Morgan fingerprint density at radius 3 is 2.62 bits per heavy atom. The van der Waals surface area contributed by atoms with Gasteiger partial charge in [0.2, 0.25) is 0 Å². The molecule has 1 aromatic heterocycles. The molecule has 0 saturated heterocycles. The number of carbonyl (C=O) groups is 1. The second-order valence-corrected chi connectivity index (χ2v) is 7.68. The molecule has 0 bridgehead atoms. The maximum atomic E-state index is 11.8. The van der Waals surface area contributed by atoms with E-state index in [0.717, 1.165) is 28.6 Å². The number of aromatic carboxylic acids is 1. The van der Waals surface area contributed by atoms with Crippen molar-refractivity contribution in [1.82, 2.24) is 4.57 Å². The number of nitrogens with one attached hydrogen (secondary N) is 1. The minimum atomic E-state index is -0.989. The van der Waals surface area contributed by atoms with Gasteiger partial charge in [-0.05, 0) is 59.9 Å². The molecule has 0 amide bonds. The van der Waals surface area contributed by atoms with E-state index in [1.54, 1.807) is 18.2 Å². The van der Waals surface area contributed by atoms with Gasteiger partial charge in [-0.2, -0.15) is 0 Å². The summed E-state index contributed by atoms with van der Waals surface area (Å²) in [5, 5.41) is 18.5. The Bertz CT molecular complexity index is 1340. The molecule has 0 aliphatic heterocycles. The number of aromatic nitrogens is 1. The van der Waals surface area contributed by atoms with Crippen LogP contribution in [0.2, 0.25) is 0 Å². The van der Waals surface area contributed by atoms with Gasteiger partial charge >= 0.3 is 5.97 Å². The van der Waals surface area contributed by atoms with E-state index >= 15 is 0 Å². The van der Waals surface area contributed by atoms with Gasteiger partial charge in [-0.15, -0.1) is 0 Å². The van der Waals surface area contributed by atoms with Gasteiger partial charge in [0.25, 0.3) is 0 Å². The molecule has 0 spiro atoms. The molecule has 162 valence electrons. The zero-order valence-electron chi connectivity index (χ0n) is 18.1. The number of benzene rings is 3. The molecule has 32 heavy (non-hydrogen) atoms. The quantitative estimate of drug-likeness (QED) is 0.288. The normalized spacial score (nSPS) is 10.9. The molecule has 3 aromatic carbocycles. The number of nitrogen functional groups attached to an aromatic ring is 1. The first-order valence-corrected chi connectivity index (χ1v) is 10.4. The van der Waals surface area contributed by atoms with Crippen LogP contribution in [0.25, 0.3) is 22.0 Å². The van der Waals surface area contributed by atoms with E-state index in [0.29, 0.717) is 23.3 Å². The smallest absolute Gasteiger partial charge is 0.336 e. The molecule has 0 aliphatic carbocycles. The number of amidine groups is 1. The van der Waals surface area contributed by atoms with Crippen LogP contribution in [-0.2, 0) is 13.0 Å². The van der Waals surface area contributed by atoms with Crippen LogP contribution in [0.15, 0.2) is 66.9 Å². The average Bonchev–Trinajstić information content (AvgIpc) is 3.15. The van der Waals surface area contributed by atoms with Crippen molar-refractivity contribution in [2.24, 2.45) is 5.73 Å². The number of hydrogen-bond donors (Lipinski definition) is 3. The Morgan fingerprint density at radius 1 is 1.12 bits per heavy atom. The summed E-state index contributed by atoms with van der Waals surface area (Å²) in [4.78, 5) is 11.8. The number of rotatable bonds is 7.